The van der Waals surface area contributed by atoms with Gasteiger partial charge in [0.15, 0.2) is 0 Å². The fourth-order valence-electron chi connectivity index (χ4n) is 2.01. The fraction of sp³-hybridized carbons (Fsp3) is 0.667. The third-order valence-electron chi connectivity index (χ3n) is 2.87. The van der Waals surface area contributed by atoms with E-state index in [0.29, 0.717) is 18.5 Å². The summed E-state index contributed by atoms with van der Waals surface area (Å²) in [5.41, 5.74) is 0.948. The van der Waals surface area contributed by atoms with Crippen LogP contribution in [0.15, 0.2) is 6.07 Å². The lowest BCUT2D eigenvalue weighted by atomic mass is 10.2. The number of nitrogens with one attached hydrogen (secondary N) is 1. The largest absolute Gasteiger partial charge is 0.478 e. The van der Waals surface area contributed by atoms with Gasteiger partial charge in [-0.25, -0.2) is 4.98 Å². The van der Waals surface area contributed by atoms with Crippen LogP contribution in [-0.2, 0) is 0 Å². The molecule has 1 aliphatic heterocycles. The number of anilines is 1. The molecule has 17 heavy (non-hydrogen) atoms. The molecule has 1 unspecified atom stereocenters. The van der Waals surface area contributed by atoms with Gasteiger partial charge in [-0.2, -0.15) is 4.98 Å². The van der Waals surface area contributed by atoms with Crippen molar-refractivity contribution in [3.05, 3.63) is 11.8 Å². The summed E-state index contributed by atoms with van der Waals surface area (Å²) in [7, 11) is 0. The van der Waals surface area contributed by atoms with Crippen LogP contribution in [-0.4, -0.2) is 42.3 Å². The highest BCUT2D eigenvalue weighted by Crippen LogP contribution is 2.18. The van der Waals surface area contributed by atoms with E-state index in [1.165, 1.54) is 0 Å². The zero-order chi connectivity index (χ0) is 12.3. The monoisotopic (exact) mass is 236 g/mol. The SMILES string of the molecule is CCOc1cc(C)nc(N2CCNCC2C)n1. The Morgan fingerprint density at radius 2 is 2.35 bits per heavy atom. The molecule has 1 aliphatic rings. The van der Waals surface area contributed by atoms with Gasteiger partial charge in [-0.1, -0.05) is 0 Å². The van der Waals surface area contributed by atoms with Gasteiger partial charge in [-0.3, -0.25) is 0 Å². The van der Waals surface area contributed by atoms with Crippen molar-refractivity contribution in [2.45, 2.75) is 26.8 Å². The number of aromatic nitrogens is 2. The van der Waals surface area contributed by atoms with E-state index in [2.05, 4.69) is 27.1 Å². The van der Waals surface area contributed by atoms with E-state index in [1.54, 1.807) is 0 Å². The van der Waals surface area contributed by atoms with Crippen LogP contribution in [0.5, 0.6) is 5.88 Å². The van der Waals surface area contributed by atoms with Gasteiger partial charge in [0.25, 0.3) is 0 Å². The van der Waals surface area contributed by atoms with E-state index in [-0.39, 0.29) is 0 Å². The van der Waals surface area contributed by atoms with Crippen LogP contribution in [0.1, 0.15) is 19.5 Å². The molecule has 0 bridgehead atoms. The second-order valence-corrected chi connectivity index (χ2v) is 4.33. The number of ether oxygens (including phenoxy) is 1. The van der Waals surface area contributed by atoms with Crippen molar-refractivity contribution in [1.82, 2.24) is 15.3 Å². The second-order valence-electron chi connectivity index (χ2n) is 4.33. The minimum absolute atomic E-state index is 0.417. The van der Waals surface area contributed by atoms with Crippen LogP contribution in [0.25, 0.3) is 0 Å². The zero-order valence-corrected chi connectivity index (χ0v) is 10.7. The molecule has 0 aliphatic carbocycles. The highest BCUT2D eigenvalue weighted by molar-refractivity contribution is 5.36. The molecule has 1 saturated heterocycles. The van der Waals surface area contributed by atoms with Crippen molar-refractivity contribution in [1.29, 1.82) is 0 Å². The van der Waals surface area contributed by atoms with Crippen molar-refractivity contribution in [2.24, 2.45) is 0 Å². The molecule has 2 rings (SSSR count). The number of hydrogen-bond donors (Lipinski definition) is 1. The summed E-state index contributed by atoms with van der Waals surface area (Å²) in [6, 6.07) is 2.29. The van der Waals surface area contributed by atoms with Gasteiger partial charge in [-0.15, -0.1) is 0 Å². The third kappa shape index (κ3) is 2.85. The summed E-state index contributed by atoms with van der Waals surface area (Å²) in [5.74, 6) is 1.45. The van der Waals surface area contributed by atoms with E-state index in [0.717, 1.165) is 31.3 Å². The van der Waals surface area contributed by atoms with Gasteiger partial charge < -0.3 is 15.0 Å². The third-order valence-corrected chi connectivity index (χ3v) is 2.87. The first kappa shape index (κ1) is 12.1. The van der Waals surface area contributed by atoms with Gasteiger partial charge in [0.1, 0.15) is 0 Å². The van der Waals surface area contributed by atoms with E-state index >= 15 is 0 Å². The molecule has 1 atom stereocenters. The summed E-state index contributed by atoms with van der Waals surface area (Å²) >= 11 is 0. The Morgan fingerprint density at radius 1 is 1.53 bits per heavy atom. The zero-order valence-electron chi connectivity index (χ0n) is 10.7. The molecule has 1 aromatic rings. The lowest BCUT2D eigenvalue weighted by Gasteiger charge is -2.34. The Hall–Kier alpha value is -1.36. The molecule has 94 valence electrons. The molecular weight excluding hydrogens is 216 g/mol. The molecule has 1 N–H and O–H groups in total. The van der Waals surface area contributed by atoms with E-state index in [1.807, 2.05) is 19.9 Å². The summed E-state index contributed by atoms with van der Waals surface area (Å²) in [5, 5.41) is 3.36. The maximum absolute atomic E-state index is 5.46. The van der Waals surface area contributed by atoms with Crippen LogP contribution in [0.2, 0.25) is 0 Å². The van der Waals surface area contributed by atoms with Crippen molar-refractivity contribution < 1.29 is 4.74 Å². The summed E-state index contributed by atoms with van der Waals surface area (Å²) in [4.78, 5) is 11.2. The summed E-state index contributed by atoms with van der Waals surface area (Å²) in [6.45, 7) is 9.64. The van der Waals surface area contributed by atoms with Crippen molar-refractivity contribution in [2.75, 3.05) is 31.1 Å². The average molecular weight is 236 g/mol. The van der Waals surface area contributed by atoms with Crippen LogP contribution < -0.4 is 15.0 Å². The molecule has 0 radical (unpaired) electrons. The molecule has 2 heterocycles. The molecule has 5 nitrogen and oxygen atoms in total. The Kier molecular flexibility index (Phi) is 3.78. The van der Waals surface area contributed by atoms with E-state index in [4.69, 9.17) is 4.74 Å². The highest BCUT2D eigenvalue weighted by atomic mass is 16.5. The Balaban J connectivity index is 2.24. The van der Waals surface area contributed by atoms with Gasteiger partial charge in [-0.05, 0) is 20.8 Å². The maximum atomic E-state index is 5.46. The first-order valence-corrected chi connectivity index (χ1v) is 6.16. The Labute approximate surface area is 102 Å². The van der Waals surface area contributed by atoms with Crippen molar-refractivity contribution >= 4 is 5.95 Å². The molecule has 0 amide bonds. The van der Waals surface area contributed by atoms with Gasteiger partial charge >= 0.3 is 0 Å². The smallest absolute Gasteiger partial charge is 0.229 e. The first-order chi connectivity index (χ1) is 8.20. The highest BCUT2D eigenvalue weighted by Gasteiger charge is 2.21. The van der Waals surface area contributed by atoms with Crippen molar-refractivity contribution in [3.8, 4) is 5.88 Å². The van der Waals surface area contributed by atoms with Crippen LogP contribution >= 0.6 is 0 Å². The van der Waals surface area contributed by atoms with Crippen molar-refractivity contribution in [3.63, 3.8) is 0 Å². The summed E-state index contributed by atoms with van der Waals surface area (Å²) in [6.07, 6.45) is 0. The fourth-order valence-corrected chi connectivity index (χ4v) is 2.01. The summed E-state index contributed by atoms with van der Waals surface area (Å²) < 4.78 is 5.46. The van der Waals surface area contributed by atoms with Gasteiger partial charge in [0.05, 0.1) is 6.61 Å². The van der Waals surface area contributed by atoms with Crippen LogP contribution in [0, 0.1) is 6.92 Å². The molecular formula is C12H20N4O. The van der Waals surface area contributed by atoms with Crippen LogP contribution in [0.3, 0.4) is 0 Å². The second kappa shape index (κ2) is 5.31. The predicted octanol–water partition coefficient (Wildman–Crippen LogP) is 0.982. The quantitative estimate of drug-likeness (QED) is 0.848. The normalized spacial score (nSPS) is 20.4. The van der Waals surface area contributed by atoms with Crippen LogP contribution in [0.4, 0.5) is 5.95 Å². The minimum atomic E-state index is 0.417. The number of hydrogen-bond acceptors (Lipinski definition) is 5. The van der Waals surface area contributed by atoms with E-state index < -0.39 is 0 Å². The predicted molar refractivity (Wildman–Crippen MR) is 67.6 cm³/mol. The lowest BCUT2D eigenvalue weighted by molar-refractivity contribution is 0.325. The standard InChI is InChI=1S/C12H20N4O/c1-4-17-11-7-9(2)14-12(15-11)16-6-5-13-8-10(16)3/h7,10,13H,4-6,8H2,1-3H3. The molecule has 0 saturated carbocycles. The Bertz CT molecular complexity index is 383. The Morgan fingerprint density at radius 3 is 3.06 bits per heavy atom. The molecule has 5 heteroatoms. The topological polar surface area (TPSA) is 50.3 Å². The molecule has 0 aromatic carbocycles. The number of piperazine rings is 1. The average Bonchev–Trinajstić information content (AvgIpc) is 2.29. The first-order valence-electron chi connectivity index (χ1n) is 6.16. The van der Waals surface area contributed by atoms with E-state index in [9.17, 15) is 0 Å². The molecule has 1 aromatic heterocycles. The minimum Gasteiger partial charge on any atom is -0.478 e. The van der Waals surface area contributed by atoms with Gasteiger partial charge in [0.2, 0.25) is 11.8 Å². The number of nitrogens with zero attached hydrogens (tertiary/aromatic N) is 3. The lowest BCUT2D eigenvalue weighted by Crippen LogP contribution is -2.50. The molecule has 1 fully saturated rings. The maximum Gasteiger partial charge on any atom is 0.229 e. The number of aryl methyl sites for hydroxylation is 1. The number of rotatable bonds is 3. The van der Waals surface area contributed by atoms with Gasteiger partial charge in [0, 0.05) is 37.4 Å². The molecule has 0 spiro atoms.